The van der Waals surface area contributed by atoms with Crippen LogP contribution in [0.3, 0.4) is 0 Å². The molecule has 0 aromatic rings. The summed E-state index contributed by atoms with van der Waals surface area (Å²) in [6.07, 6.45) is 0.833. The highest BCUT2D eigenvalue weighted by molar-refractivity contribution is 7.91. The molecule has 0 radical (unpaired) electrons. The first-order valence-electron chi connectivity index (χ1n) is 5.20. The fourth-order valence-corrected chi connectivity index (χ4v) is 3.55. The molecule has 4 heteroatoms. The van der Waals surface area contributed by atoms with Gasteiger partial charge in [0.05, 0.1) is 11.5 Å². The second-order valence-electron chi connectivity index (χ2n) is 5.46. The van der Waals surface area contributed by atoms with Gasteiger partial charge in [0, 0.05) is 0 Å². The monoisotopic (exact) mass is 219 g/mol. The van der Waals surface area contributed by atoms with Crippen molar-refractivity contribution >= 4 is 9.84 Å². The van der Waals surface area contributed by atoms with Gasteiger partial charge in [-0.05, 0) is 30.8 Å². The van der Waals surface area contributed by atoms with E-state index in [4.69, 9.17) is 0 Å². The zero-order valence-corrected chi connectivity index (χ0v) is 10.2. The van der Waals surface area contributed by atoms with E-state index in [0.717, 1.165) is 19.5 Å². The lowest BCUT2D eigenvalue weighted by Crippen LogP contribution is -2.31. The van der Waals surface area contributed by atoms with Gasteiger partial charge in [0.15, 0.2) is 9.84 Å². The van der Waals surface area contributed by atoms with Crippen molar-refractivity contribution in [2.45, 2.75) is 27.2 Å². The van der Waals surface area contributed by atoms with Gasteiger partial charge in [-0.15, -0.1) is 0 Å². The molecule has 1 heterocycles. The Kier molecular flexibility index (Phi) is 3.58. The lowest BCUT2D eigenvalue weighted by atomic mass is 9.96. The first-order valence-corrected chi connectivity index (χ1v) is 7.02. The molecular weight excluding hydrogens is 198 g/mol. The summed E-state index contributed by atoms with van der Waals surface area (Å²) in [6, 6.07) is 0. The van der Waals surface area contributed by atoms with E-state index in [1.807, 2.05) is 0 Å². The summed E-state index contributed by atoms with van der Waals surface area (Å²) in [6.45, 7) is 8.31. The van der Waals surface area contributed by atoms with Gasteiger partial charge in [-0.25, -0.2) is 8.42 Å². The highest BCUT2D eigenvalue weighted by Crippen LogP contribution is 2.18. The molecular formula is C10H21NO2S. The fraction of sp³-hybridized carbons (Fsp3) is 1.00. The quantitative estimate of drug-likeness (QED) is 0.772. The molecule has 0 aromatic heterocycles. The standard InChI is InChI=1S/C10H21NO2S/c1-10(2,3)8-11-6-9-4-5-14(12,13)7-9/h9,11H,4-8H2,1-3H3/t9-/m0/s1. The number of nitrogens with one attached hydrogen (secondary N) is 1. The largest absolute Gasteiger partial charge is 0.316 e. The van der Waals surface area contributed by atoms with Crippen LogP contribution in [-0.2, 0) is 9.84 Å². The van der Waals surface area contributed by atoms with Gasteiger partial charge in [0.2, 0.25) is 0 Å². The molecule has 0 saturated carbocycles. The van der Waals surface area contributed by atoms with Gasteiger partial charge < -0.3 is 5.32 Å². The summed E-state index contributed by atoms with van der Waals surface area (Å²) >= 11 is 0. The van der Waals surface area contributed by atoms with Crippen LogP contribution in [0.2, 0.25) is 0 Å². The highest BCUT2D eigenvalue weighted by atomic mass is 32.2. The Labute approximate surface area is 87.2 Å². The zero-order chi connectivity index (χ0) is 10.8. The van der Waals surface area contributed by atoms with E-state index in [9.17, 15) is 8.42 Å². The van der Waals surface area contributed by atoms with Crippen LogP contribution in [0.5, 0.6) is 0 Å². The second-order valence-corrected chi connectivity index (χ2v) is 7.69. The van der Waals surface area contributed by atoms with Gasteiger partial charge in [0.1, 0.15) is 0 Å². The molecule has 1 aliphatic heterocycles. The Balaban J connectivity index is 2.22. The van der Waals surface area contributed by atoms with Crippen molar-refractivity contribution in [3.63, 3.8) is 0 Å². The van der Waals surface area contributed by atoms with Crippen molar-refractivity contribution in [2.24, 2.45) is 11.3 Å². The first-order chi connectivity index (χ1) is 6.29. The fourth-order valence-electron chi connectivity index (χ4n) is 1.68. The summed E-state index contributed by atoms with van der Waals surface area (Å²) in [7, 11) is -2.70. The predicted molar refractivity (Wildman–Crippen MR) is 59.1 cm³/mol. The SMILES string of the molecule is CC(C)(C)CNC[C@@H]1CCS(=O)(=O)C1. The number of sulfone groups is 1. The average molecular weight is 219 g/mol. The zero-order valence-electron chi connectivity index (χ0n) is 9.34. The van der Waals surface area contributed by atoms with E-state index < -0.39 is 9.84 Å². The Morgan fingerprint density at radius 1 is 1.36 bits per heavy atom. The van der Waals surface area contributed by atoms with Gasteiger partial charge in [-0.1, -0.05) is 20.8 Å². The lowest BCUT2D eigenvalue weighted by Gasteiger charge is -2.20. The Hall–Kier alpha value is -0.0900. The molecule has 0 bridgehead atoms. The molecule has 3 nitrogen and oxygen atoms in total. The lowest BCUT2D eigenvalue weighted by molar-refractivity contribution is 0.364. The third-order valence-corrected chi connectivity index (χ3v) is 4.25. The number of rotatable bonds is 3. The highest BCUT2D eigenvalue weighted by Gasteiger charge is 2.27. The van der Waals surface area contributed by atoms with E-state index in [1.165, 1.54) is 0 Å². The van der Waals surface area contributed by atoms with Crippen LogP contribution < -0.4 is 5.32 Å². The van der Waals surface area contributed by atoms with Gasteiger partial charge in [-0.3, -0.25) is 0 Å². The molecule has 1 saturated heterocycles. The van der Waals surface area contributed by atoms with Crippen LogP contribution in [0.25, 0.3) is 0 Å². The van der Waals surface area contributed by atoms with Gasteiger partial charge >= 0.3 is 0 Å². The third-order valence-electron chi connectivity index (χ3n) is 2.42. The molecule has 14 heavy (non-hydrogen) atoms. The molecule has 0 amide bonds. The minimum Gasteiger partial charge on any atom is -0.316 e. The van der Waals surface area contributed by atoms with Crippen LogP contribution in [0.15, 0.2) is 0 Å². The summed E-state index contributed by atoms with van der Waals surface area (Å²) in [4.78, 5) is 0. The maximum Gasteiger partial charge on any atom is 0.150 e. The Morgan fingerprint density at radius 3 is 2.43 bits per heavy atom. The summed E-state index contributed by atoms with van der Waals surface area (Å²) in [5, 5.41) is 3.34. The molecule has 1 aliphatic rings. The number of hydrogen-bond donors (Lipinski definition) is 1. The first kappa shape index (κ1) is 12.0. The normalized spacial score (nSPS) is 26.6. The van der Waals surface area contributed by atoms with Gasteiger partial charge in [0.25, 0.3) is 0 Å². The predicted octanol–water partition coefficient (Wildman–Crippen LogP) is 1.06. The minimum atomic E-state index is -2.70. The van der Waals surface area contributed by atoms with Crippen LogP contribution in [-0.4, -0.2) is 33.0 Å². The molecule has 1 N–H and O–H groups in total. The molecule has 0 aromatic carbocycles. The summed E-state index contributed by atoms with van der Waals surface area (Å²) in [5.74, 6) is 1.10. The van der Waals surface area contributed by atoms with Crippen molar-refractivity contribution in [3.05, 3.63) is 0 Å². The minimum absolute atomic E-state index is 0.275. The Bertz CT molecular complexity index is 277. The van der Waals surface area contributed by atoms with E-state index in [1.54, 1.807) is 0 Å². The van der Waals surface area contributed by atoms with Crippen molar-refractivity contribution in [1.29, 1.82) is 0 Å². The summed E-state index contributed by atoms with van der Waals surface area (Å²) < 4.78 is 22.3. The smallest absolute Gasteiger partial charge is 0.150 e. The van der Waals surface area contributed by atoms with Crippen LogP contribution >= 0.6 is 0 Å². The topological polar surface area (TPSA) is 46.2 Å². The van der Waals surface area contributed by atoms with E-state index in [0.29, 0.717) is 17.4 Å². The third kappa shape index (κ3) is 4.42. The molecule has 0 aliphatic carbocycles. The van der Waals surface area contributed by atoms with Crippen LogP contribution in [0.4, 0.5) is 0 Å². The van der Waals surface area contributed by atoms with Gasteiger partial charge in [-0.2, -0.15) is 0 Å². The Morgan fingerprint density at radius 2 is 2.00 bits per heavy atom. The van der Waals surface area contributed by atoms with E-state index in [-0.39, 0.29) is 5.41 Å². The molecule has 84 valence electrons. The van der Waals surface area contributed by atoms with E-state index in [2.05, 4.69) is 26.1 Å². The van der Waals surface area contributed by atoms with Crippen molar-refractivity contribution in [1.82, 2.24) is 5.32 Å². The maximum absolute atomic E-state index is 11.2. The molecule has 1 rings (SSSR count). The molecule has 1 atom stereocenters. The second kappa shape index (κ2) is 4.19. The molecule has 0 spiro atoms. The maximum atomic E-state index is 11.2. The molecule has 1 fully saturated rings. The molecule has 0 unspecified atom stereocenters. The van der Waals surface area contributed by atoms with E-state index >= 15 is 0 Å². The number of hydrogen-bond acceptors (Lipinski definition) is 3. The van der Waals surface area contributed by atoms with Crippen molar-refractivity contribution < 1.29 is 8.42 Å². The van der Waals surface area contributed by atoms with Crippen LogP contribution in [0, 0.1) is 11.3 Å². The average Bonchev–Trinajstić information content (AvgIpc) is 2.27. The summed E-state index contributed by atoms with van der Waals surface area (Å²) in [5.41, 5.74) is 0.275. The van der Waals surface area contributed by atoms with Crippen molar-refractivity contribution in [2.75, 3.05) is 24.6 Å². The van der Waals surface area contributed by atoms with Crippen molar-refractivity contribution in [3.8, 4) is 0 Å². The van der Waals surface area contributed by atoms with Crippen LogP contribution in [0.1, 0.15) is 27.2 Å².